The number of nitrogens with zero attached hydrogens (tertiary/aromatic N) is 1. The fourth-order valence-corrected chi connectivity index (χ4v) is 5.94. The molecule has 0 aromatic carbocycles. The van der Waals surface area contributed by atoms with Gasteiger partial charge >= 0.3 is 0 Å². The molecule has 0 saturated carbocycles. The third-order valence-electron chi connectivity index (χ3n) is 3.25. The van der Waals surface area contributed by atoms with E-state index in [0.29, 0.717) is 23.7 Å². The highest BCUT2D eigenvalue weighted by Gasteiger charge is 2.33. The number of piperidine rings is 1. The third kappa shape index (κ3) is 3.41. The van der Waals surface area contributed by atoms with Crippen LogP contribution in [0.25, 0.3) is 0 Å². The number of hydrogen-bond acceptors (Lipinski definition) is 4. The van der Waals surface area contributed by atoms with Gasteiger partial charge in [-0.1, -0.05) is 0 Å². The molecule has 1 amide bonds. The molecule has 8 heteroatoms. The van der Waals surface area contributed by atoms with Crippen LogP contribution in [0.15, 0.2) is 20.1 Å². The molecular formula is C12H17BrN2O3S2. The number of sulfonamides is 1. The van der Waals surface area contributed by atoms with Crippen molar-refractivity contribution in [1.82, 2.24) is 9.62 Å². The zero-order valence-electron chi connectivity index (χ0n) is 11.1. The van der Waals surface area contributed by atoms with Gasteiger partial charge in [0.15, 0.2) is 0 Å². The minimum atomic E-state index is -3.48. The topological polar surface area (TPSA) is 66.5 Å². The predicted octanol–water partition coefficient (Wildman–Crippen LogP) is 2.05. The number of nitrogens with one attached hydrogen (secondary N) is 1. The third-order valence-corrected chi connectivity index (χ3v) is 7.20. The van der Waals surface area contributed by atoms with E-state index in [1.54, 1.807) is 12.1 Å². The molecule has 0 spiro atoms. The molecule has 1 aromatic rings. The van der Waals surface area contributed by atoms with E-state index in [4.69, 9.17) is 0 Å². The summed E-state index contributed by atoms with van der Waals surface area (Å²) in [6.45, 7) is 3.18. The molecule has 2 heterocycles. The Balaban J connectivity index is 2.14. The van der Waals surface area contributed by atoms with E-state index in [2.05, 4.69) is 21.2 Å². The molecule has 1 aliphatic rings. The lowest BCUT2D eigenvalue weighted by atomic mass is 9.99. The van der Waals surface area contributed by atoms with Crippen molar-refractivity contribution < 1.29 is 13.2 Å². The highest BCUT2D eigenvalue weighted by atomic mass is 79.9. The Morgan fingerprint density at radius 3 is 2.90 bits per heavy atom. The molecule has 1 atom stereocenters. The van der Waals surface area contributed by atoms with Crippen molar-refractivity contribution in [2.75, 3.05) is 19.6 Å². The number of amides is 1. The van der Waals surface area contributed by atoms with Gasteiger partial charge in [0.05, 0.1) is 9.70 Å². The summed E-state index contributed by atoms with van der Waals surface area (Å²) in [6.07, 6.45) is 1.46. The lowest BCUT2D eigenvalue weighted by Crippen LogP contribution is -2.45. The van der Waals surface area contributed by atoms with Crippen LogP contribution in [-0.2, 0) is 14.8 Å². The molecule has 20 heavy (non-hydrogen) atoms. The molecule has 1 saturated heterocycles. The first-order valence-corrected chi connectivity index (χ1v) is 9.53. The number of halogens is 1. The SMILES string of the molecule is CCNC(=O)[C@@H]1CCCN(S(=O)(=O)c2ccc(Br)s2)C1. The quantitative estimate of drug-likeness (QED) is 0.868. The maximum Gasteiger partial charge on any atom is 0.252 e. The van der Waals surface area contributed by atoms with Crippen molar-refractivity contribution in [3.8, 4) is 0 Å². The maximum atomic E-state index is 12.5. The number of rotatable bonds is 4. The van der Waals surface area contributed by atoms with Crippen molar-refractivity contribution in [2.24, 2.45) is 5.92 Å². The summed E-state index contributed by atoms with van der Waals surface area (Å²) in [6, 6.07) is 3.32. The average molecular weight is 381 g/mol. The average Bonchev–Trinajstić information content (AvgIpc) is 2.86. The van der Waals surface area contributed by atoms with Gasteiger partial charge in [0, 0.05) is 19.6 Å². The molecular weight excluding hydrogens is 364 g/mol. The Labute approximate surface area is 131 Å². The van der Waals surface area contributed by atoms with Gasteiger partial charge in [0.2, 0.25) is 5.91 Å². The highest BCUT2D eigenvalue weighted by Crippen LogP contribution is 2.30. The molecule has 112 valence electrons. The molecule has 0 radical (unpaired) electrons. The zero-order chi connectivity index (χ0) is 14.8. The lowest BCUT2D eigenvalue weighted by Gasteiger charge is -2.30. The Kier molecular flexibility index (Phi) is 5.22. The second-order valence-electron chi connectivity index (χ2n) is 4.66. The summed E-state index contributed by atoms with van der Waals surface area (Å²) >= 11 is 4.47. The first-order chi connectivity index (χ1) is 9.45. The van der Waals surface area contributed by atoms with E-state index in [1.165, 1.54) is 15.6 Å². The summed E-state index contributed by atoms with van der Waals surface area (Å²) in [5, 5.41) is 2.77. The number of carbonyl (C=O) groups excluding carboxylic acids is 1. The van der Waals surface area contributed by atoms with Gasteiger partial charge in [0.25, 0.3) is 10.0 Å². The second-order valence-corrected chi connectivity index (χ2v) is 9.28. The molecule has 1 aromatic heterocycles. The summed E-state index contributed by atoms with van der Waals surface area (Å²) < 4.78 is 27.6. The first kappa shape index (κ1) is 15.9. The molecule has 1 aliphatic heterocycles. The second kappa shape index (κ2) is 6.55. The van der Waals surface area contributed by atoms with Crippen LogP contribution in [0.2, 0.25) is 0 Å². The Morgan fingerprint density at radius 1 is 1.55 bits per heavy atom. The van der Waals surface area contributed by atoms with Crippen molar-refractivity contribution >= 4 is 43.2 Å². The van der Waals surface area contributed by atoms with Crippen molar-refractivity contribution in [3.63, 3.8) is 0 Å². The maximum absolute atomic E-state index is 12.5. The van der Waals surface area contributed by atoms with Crippen molar-refractivity contribution in [3.05, 3.63) is 15.9 Å². The van der Waals surface area contributed by atoms with E-state index in [1.807, 2.05) is 6.92 Å². The summed E-state index contributed by atoms with van der Waals surface area (Å²) in [5.41, 5.74) is 0. The highest BCUT2D eigenvalue weighted by molar-refractivity contribution is 9.11. The van der Waals surface area contributed by atoms with E-state index in [-0.39, 0.29) is 18.4 Å². The molecule has 0 aliphatic carbocycles. The monoisotopic (exact) mass is 380 g/mol. The van der Waals surface area contributed by atoms with Crippen LogP contribution in [0, 0.1) is 5.92 Å². The van der Waals surface area contributed by atoms with E-state index < -0.39 is 10.0 Å². The molecule has 0 bridgehead atoms. The van der Waals surface area contributed by atoms with Crippen molar-refractivity contribution in [2.45, 2.75) is 24.0 Å². The molecule has 0 unspecified atom stereocenters. The van der Waals surface area contributed by atoms with Crippen LogP contribution in [0.1, 0.15) is 19.8 Å². The first-order valence-electron chi connectivity index (χ1n) is 6.48. The molecule has 5 nitrogen and oxygen atoms in total. The number of hydrogen-bond donors (Lipinski definition) is 1. The molecule has 1 N–H and O–H groups in total. The van der Waals surface area contributed by atoms with Crippen LogP contribution in [0.3, 0.4) is 0 Å². The van der Waals surface area contributed by atoms with Crippen molar-refractivity contribution in [1.29, 1.82) is 0 Å². The van der Waals surface area contributed by atoms with E-state index in [0.717, 1.165) is 10.2 Å². The standard InChI is InChI=1S/C12H17BrN2O3S2/c1-2-14-12(16)9-4-3-7-15(8-9)20(17,18)11-6-5-10(13)19-11/h5-6,9H,2-4,7-8H2,1H3,(H,14,16)/t9-/m1/s1. The van der Waals surface area contributed by atoms with Gasteiger partial charge in [0.1, 0.15) is 4.21 Å². The predicted molar refractivity (Wildman–Crippen MR) is 82.2 cm³/mol. The van der Waals surface area contributed by atoms with Gasteiger partial charge in [-0.25, -0.2) is 8.42 Å². The minimum Gasteiger partial charge on any atom is -0.356 e. The van der Waals surface area contributed by atoms with Crippen LogP contribution in [-0.4, -0.2) is 38.3 Å². The van der Waals surface area contributed by atoms with Gasteiger partial charge < -0.3 is 5.32 Å². The molecule has 1 fully saturated rings. The van der Waals surface area contributed by atoms with Crippen LogP contribution < -0.4 is 5.32 Å². The normalized spacial score (nSPS) is 20.8. The van der Waals surface area contributed by atoms with Crippen LogP contribution in [0.5, 0.6) is 0 Å². The van der Waals surface area contributed by atoms with Gasteiger partial charge in [-0.3, -0.25) is 4.79 Å². The number of carbonyl (C=O) groups is 1. The largest absolute Gasteiger partial charge is 0.356 e. The summed E-state index contributed by atoms with van der Waals surface area (Å²) in [5.74, 6) is -0.304. The lowest BCUT2D eigenvalue weighted by molar-refractivity contribution is -0.125. The Morgan fingerprint density at radius 2 is 2.30 bits per heavy atom. The van der Waals surface area contributed by atoms with Crippen LogP contribution in [0.4, 0.5) is 0 Å². The van der Waals surface area contributed by atoms with Gasteiger partial charge in [-0.15, -0.1) is 11.3 Å². The zero-order valence-corrected chi connectivity index (χ0v) is 14.4. The Bertz CT molecular complexity index is 585. The van der Waals surface area contributed by atoms with E-state index in [9.17, 15) is 13.2 Å². The molecule has 2 rings (SSSR count). The fraction of sp³-hybridized carbons (Fsp3) is 0.583. The number of thiophene rings is 1. The van der Waals surface area contributed by atoms with Gasteiger partial charge in [-0.05, 0) is 47.8 Å². The van der Waals surface area contributed by atoms with E-state index >= 15 is 0 Å². The minimum absolute atomic E-state index is 0.0558. The summed E-state index contributed by atoms with van der Waals surface area (Å²) in [7, 11) is -3.48. The summed E-state index contributed by atoms with van der Waals surface area (Å²) in [4.78, 5) is 11.9. The van der Waals surface area contributed by atoms with Gasteiger partial charge in [-0.2, -0.15) is 4.31 Å². The fourth-order valence-electron chi connectivity index (χ4n) is 2.26. The Hall–Kier alpha value is -0.440. The smallest absolute Gasteiger partial charge is 0.252 e. The van der Waals surface area contributed by atoms with Crippen LogP contribution >= 0.6 is 27.3 Å².